The predicted molar refractivity (Wildman–Crippen MR) is 151 cm³/mol. The van der Waals surface area contributed by atoms with Gasteiger partial charge >= 0.3 is 0 Å². The van der Waals surface area contributed by atoms with Gasteiger partial charge in [0.1, 0.15) is 12.2 Å². The third-order valence-electron chi connectivity index (χ3n) is 7.00. The van der Waals surface area contributed by atoms with Gasteiger partial charge in [-0.1, -0.05) is 97.9 Å². The number of hydrogen-bond donors (Lipinski definition) is 0. The standard InChI is InChI=1S/C33H39NO5/c1-2-29(35)30(37-23-26-15-7-3-8-16-26)31(38-24-27-17-9-4-10-18-27)32(33(36)34-21-13-6-14-22-34)39-25-28-19-11-5-12-20-28/h3-5,7-12,15-20,30-32H,2,6,13-14,21-25H2,1H3/t30-,31+,32-/m1/s1. The maximum atomic E-state index is 14.0. The first-order valence-electron chi connectivity index (χ1n) is 13.9. The molecule has 0 N–H and O–H groups in total. The smallest absolute Gasteiger partial charge is 0.254 e. The van der Waals surface area contributed by atoms with Gasteiger partial charge in [0.2, 0.25) is 0 Å². The number of hydrogen-bond acceptors (Lipinski definition) is 5. The molecule has 1 aliphatic rings. The molecule has 4 rings (SSSR count). The van der Waals surface area contributed by atoms with Crippen molar-refractivity contribution < 1.29 is 23.8 Å². The number of piperidine rings is 1. The summed E-state index contributed by atoms with van der Waals surface area (Å²) in [5, 5.41) is 0. The minimum Gasteiger partial charge on any atom is -0.367 e. The first-order valence-corrected chi connectivity index (χ1v) is 13.9. The van der Waals surface area contributed by atoms with Crippen LogP contribution in [0.1, 0.15) is 49.3 Å². The summed E-state index contributed by atoms with van der Waals surface area (Å²) in [6, 6.07) is 29.2. The fraction of sp³-hybridized carbons (Fsp3) is 0.394. The van der Waals surface area contributed by atoms with Gasteiger partial charge in [-0.15, -0.1) is 0 Å². The number of nitrogens with zero attached hydrogens (tertiary/aromatic N) is 1. The molecule has 0 aliphatic carbocycles. The van der Waals surface area contributed by atoms with E-state index in [-0.39, 0.29) is 37.9 Å². The zero-order valence-corrected chi connectivity index (χ0v) is 22.7. The van der Waals surface area contributed by atoms with Crippen LogP contribution in [0.5, 0.6) is 0 Å². The van der Waals surface area contributed by atoms with Crippen molar-refractivity contribution in [2.45, 2.75) is 70.7 Å². The van der Waals surface area contributed by atoms with Gasteiger partial charge in [0.25, 0.3) is 5.91 Å². The number of Topliss-reactive ketones (excluding diaryl/α,β-unsaturated/α-hetero) is 1. The molecule has 3 aromatic carbocycles. The van der Waals surface area contributed by atoms with Gasteiger partial charge in [0.05, 0.1) is 19.8 Å². The lowest BCUT2D eigenvalue weighted by Gasteiger charge is -2.36. The Labute approximate surface area is 231 Å². The monoisotopic (exact) mass is 529 g/mol. The van der Waals surface area contributed by atoms with Crippen LogP contribution >= 0.6 is 0 Å². The van der Waals surface area contributed by atoms with Crippen LogP contribution in [0.2, 0.25) is 0 Å². The van der Waals surface area contributed by atoms with E-state index in [1.54, 1.807) is 0 Å². The molecule has 1 aliphatic heterocycles. The zero-order valence-electron chi connectivity index (χ0n) is 22.7. The second-order valence-corrected chi connectivity index (χ2v) is 9.90. The fourth-order valence-corrected chi connectivity index (χ4v) is 4.79. The number of ether oxygens (including phenoxy) is 3. The molecule has 1 amide bonds. The highest BCUT2D eigenvalue weighted by molar-refractivity contribution is 5.87. The highest BCUT2D eigenvalue weighted by Gasteiger charge is 2.42. The summed E-state index contributed by atoms with van der Waals surface area (Å²) in [6.07, 6.45) is 0.387. The summed E-state index contributed by atoms with van der Waals surface area (Å²) in [7, 11) is 0. The Balaban J connectivity index is 1.65. The number of carbonyl (C=O) groups excluding carboxylic acids is 2. The second-order valence-electron chi connectivity index (χ2n) is 9.90. The Morgan fingerprint density at radius 2 is 1.08 bits per heavy atom. The summed E-state index contributed by atoms with van der Waals surface area (Å²) in [5.41, 5.74) is 2.83. The van der Waals surface area contributed by atoms with E-state index in [0.717, 1.165) is 36.0 Å². The van der Waals surface area contributed by atoms with E-state index in [1.807, 2.05) is 103 Å². The highest BCUT2D eigenvalue weighted by Crippen LogP contribution is 2.23. The molecule has 206 valence electrons. The molecule has 1 fully saturated rings. The average molecular weight is 530 g/mol. The van der Waals surface area contributed by atoms with Crippen LogP contribution in [0.4, 0.5) is 0 Å². The van der Waals surface area contributed by atoms with Crippen LogP contribution in [0, 0.1) is 0 Å². The lowest BCUT2D eigenvalue weighted by Crippen LogP contribution is -2.54. The topological polar surface area (TPSA) is 65.1 Å². The molecule has 0 radical (unpaired) electrons. The van der Waals surface area contributed by atoms with Crippen molar-refractivity contribution in [3.63, 3.8) is 0 Å². The predicted octanol–water partition coefficient (Wildman–Crippen LogP) is 5.73. The van der Waals surface area contributed by atoms with E-state index in [9.17, 15) is 9.59 Å². The van der Waals surface area contributed by atoms with Gasteiger partial charge in [0.15, 0.2) is 11.9 Å². The molecule has 1 heterocycles. The minimum atomic E-state index is -0.997. The SMILES string of the molecule is CCC(=O)[C@@H](OCc1ccccc1)[C@H](OCc1ccccc1)[C@@H](OCc1ccccc1)C(=O)N1CCCCC1. The molecule has 39 heavy (non-hydrogen) atoms. The van der Waals surface area contributed by atoms with Crippen molar-refractivity contribution in [2.24, 2.45) is 0 Å². The lowest BCUT2D eigenvalue weighted by atomic mass is 9.99. The van der Waals surface area contributed by atoms with Crippen LogP contribution in [-0.2, 0) is 43.6 Å². The first-order chi connectivity index (χ1) is 19.2. The summed E-state index contributed by atoms with van der Waals surface area (Å²) >= 11 is 0. The number of likely N-dealkylation sites (tertiary alicyclic amines) is 1. The Bertz CT molecular complexity index is 1130. The van der Waals surface area contributed by atoms with E-state index < -0.39 is 18.3 Å². The molecular formula is C33H39NO5. The summed E-state index contributed by atoms with van der Waals surface area (Å²) in [5.74, 6) is -0.273. The highest BCUT2D eigenvalue weighted by atomic mass is 16.6. The summed E-state index contributed by atoms with van der Waals surface area (Å²) in [6.45, 7) is 3.83. The number of ketones is 1. The molecule has 1 saturated heterocycles. The minimum absolute atomic E-state index is 0.122. The molecule has 3 aromatic rings. The van der Waals surface area contributed by atoms with E-state index in [2.05, 4.69) is 0 Å². The second kappa shape index (κ2) is 15.3. The van der Waals surface area contributed by atoms with E-state index in [4.69, 9.17) is 14.2 Å². The normalized spacial score (nSPS) is 15.9. The van der Waals surface area contributed by atoms with Crippen molar-refractivity contribution in [3.05, 3.63) is 108 Å². The fourth-order valence-electron chi connectivity index (χ4n) is 4.79. The van der Waals surface area contributed by atoms with Gasteiger partial charge in [-0.25, -0.2) is 0 Å². The third-order valence-corrected chi connectivity index (χ3v) is 7.00. The number of carbonyl (C=O) groups is 2. The van der Waals surface area contributed by atoms with Crippen molar-refractivity contribution in [1.82, 2.24) is 4.90 Å². The lowest BCUT2D eigenvalue weighted by molar-refractivity contribution is -0.180. The molecule has 0 bridgehead atoms. The number of amides is 1. The van der Waals surface area contributed by atoms with Crippen molar-refractivity contribution >= 4 is 11.7 Å². The molecular weight excluding hydrogens is 490 g/mol. The molecule has 0 unspecified atom stereocenters. The molecule has 0 saturated carbocycles. The van der Waals surface area contributed by atoms with Crippen molar-refractivity contribution in [3.8, 4) is 0 Å². The van der Waals surface area contributed by atoms with Crippen LogP contribution in [0.3, 0.4) is 0 Å². The maximum absolute atomic E-state index is 14.0. The van der Waals surface area contributed by atoms with Gasteiger partial charge in [-0.3, -0.25) is 9.59 Å². The van der Waals surface area contributed by atoms with E-state index in [1.165, 1.54) is 0 Å². The van der Waals surface area contributed by atoms with Crippen LogP contribution in [0.25, 0.3) is 0 Å². The largest absolute Gasteiger partial charge is 0.367 e. The Morgan fingerprint density at radius 1 is 0.641 bits per heavy atom. The summed E-state index contributed by atoms with van der Waals surface area (Å²) in [4.78, 5) is 29.2. The van der Waals surface area contributed by atoms with Gasteiger partial charge in [-0.05, 0) is 36.0 Å². The first kappa shape index (κ1) is 28.7. The quantitative estimate of drug-likeness (QED) is 0.267. The molecule has 0 spiro atoms. The maximum Gasteiger partial charge on any atom is 0.254 e. The van der Waals surface area contributed by atoms with E-state index in [0.29, 0.717) is 13.1 Å². The third kappa shape index (κ3) is 8.59. The molecule has 6 heteroatoms. The molecule has 3 atom stereocenters. The van der Waals surface area contributed by atoms with Gasteiger partial charge < -0.3 is 19.1 Å². The van der Waals surface area contributed by atoms with Gasteiger partial charge in [0, 0.05) is 19.5 Å². The van der Waals surface area contributed by atoms with Crippen molar-refractivity contribution in [1.29, 1.82) is 0 Å². The van der Waals surface area contributed by atoms with E-state index >= 15 is 0 Å². The Kier molecular flexibility index (Phi) is 11.3. The van der Waals surface area contributed by atoms with Crippen LogP contribution in [0.15, 0.2) is 91.0 Å². The van der Waals surface area contributed by atoms with Crippen LogP contribution < -0.4 is 0 Å². The van der Waals surface area contributed by atoms with Crippen LogP contribution in [-0.4, -0.2) is 48.0 Å². The molecule has 6 nitrogen and oxygen atoms in total. The number of benzene rings is 3. The van der Waals surface area contributed by atoms with Gasteiger partial charge in [-0.2, -0.15) is 0 Å². The molecule has 0 aromatic heterocycles. The van der Waals surface area contributed by atoms with Crippen molar-refractivity contribution in [2.75, 3.05) is 13.1 Å². The Morgan fingerprint density at radius 3 is 1.54 bits per heavy atom. The summed E-state index contributed by atoms with van der Waals surface area (Å²) < 4.78 is 19.1. The number of rotatable bonds is 14. The average Bonchev–Trinajstić information content (AvgIpc) is 3.01. The Hall–Kier alpha value is -3.32. The zero-order chi connectivity index (χ0) is 27.3.